The maximum atomic E-state index is 12.4. The molecule has 0 aromatic carbocycles. The van der Waals surface area contributed by atoms with E-state index in [-0.39, 0.29) is 35.9 Å². The lowest BCUT2D eigenvalue weighted by Crippen LogP contribution is -2.34. The average molecular weight is 525 g/mol. The summed E-state index contributed by atoms with van der Waals surface area (Å²) in [7, 11) is 0. The molecule has 2 fully saturated rings. The Morgan fingerprint density at radius 2 is 1.76 bits per heavy atom. The van der Waals surface area contributed by atoms with Gasteiger partial charge in [-0.2, -0.15) is 0 Å². The Bertz CT molecular complexity index is 939. The fraction of sp³-hybridized carbons (Fsp3) is 0.667. The second kappa shape index (κ2) is 13.1. The number of urea groups is 1. The molecule has 3 unspecified atom stereocenters. The molecule has 3 amide bonds. The zero-order chi connectivity index (χ0) is 26.9. The molecule has 13 nitrogen and oxygen atoms in total. The van der Waals surface area contributed by atoms with E-state index in [0.29, 0.717) is 30.5 Å². The van der Waals surface area contributed by atoms with E-state index in [2.05, 4.69) is 20.8 Å². The molecule has 0 bridgehead atoms. The number of ether oxygens (including phenoxy) is 2. The molecule has 1 aliphatic heterocycles. The van der Waals surface area contributed by atoms with Crippen LogP contribution in [0.5, 0.6) is 11.8 Å². The van der Waals surface area contributed by atoms with Crippen molar-refractivity contribution in [1.29, 1.82) is 0 Å². The second-order valence-electron chi connectivity index (χ2n) is 9.59. The van der Waals surface area contributed by atoms with Crippen molar-refractivity contribution in [3.05, 3.63) is 12.1 Å². The minimum atomic E-state index is -1.27. The van der Waals surface area contributed by atoms with Crippen molar-refractivity contribution in [2.45, 2.75) is 83.6 Å². The van der Waals surface area contributed by atoms with Crippen molar-refractivity contribution < 1.29 is 43.7 Å². The van der Waals surface area contributed by atoms with Gasteiger partial charge in [0.15, 0.2) is 0 Å². The van der Waals surface area contributed by atoms with Crippen molar-refractivity contribution >= 4 is 24.1 Å². The highest BCUT2D eigenvalue weighted by Crippen LogP contribution is 2.29. The average Bonchev–Trinajstić information content (AvgIpc) is 3.34. The summed E-state index contributed by atoms with van der Waals surface area (Å²) in [5.74, 6) is -1.55. The number of rotatable bonds is 11. The number of aromatic nitrogens is 1. The van der Waals surface area contributed by atoms with Crippen LogP contribution >= 0.6 is 0 Å². The molecule has 1 saturated carbocycles. The highest BCUT2D eigenvalue weighted by molar-refractivity contribution is 5.77. The highest BCUT2D eigenvalue weighted by atomic mass is 16.9. The van der Waals surface area contributed by atoms with Gasteiger partial charge in [-0.15, -0.1) is 4.73 Å². The van der Waals surface area contributed by atoms with Gasteiger partial charge < -0.3 is 35.6 Å². The number of amides is 3. The van der Waals surface area contributed by atoms with Crippen molar-refractivity contribution in [2.24, 2.45) is 11.8 Å². The summed E-state index contributed by atoms with van der Waals surface area (Å²) in [5, 5.41) is 27.6. The summed E-state index contributed by atoms with van der Waals surface area (Å²) < 4.78 is 10.5. The van der Waals surface area contributed by atoms with Gasteiger partial charge in [0, 0.05) is 38.1 Å². The number of unbranched alkanes of at least 4 members (excludes halogenated alkanes) is 1. The number of nitrogens with zero attached hydrogens (tertiary/aromatic N) is 1. The van der Waals surface area contributed by atoms with E-state index < -0.39 is 30.2 Å². The van der Waals surface area contributed by atoms with Crippen LogP contribution in [0.25, 0.3) is 0 Å². The Hall–Kier alpha value is -3.64. The van der Waals surface area contributed by atoms with E-state index in [1.165, 1.54) is 6.92 Å². The first-order valence-electron chi connectivity index (χ1n) is 12.6. The molecule has 1 aliphatic carbocycles. The lowest BCUT2D eigenvalue weighted by molar-refractivity contribution is -0.174. The third kappa shape index (κ3) is 8.46. The molecule has 0 spiro atoms. The van der Waals surface area contributed by atoms with Crippen LogP contribution in [0.2, 0.25) is 0 Å². The number of hydrogen-bond donors (Lipinski definition) is 5. The third-order valence-electron chi connectivity index (χ3n) is 6.72. The van der Waals surface area contributed by atoms with E-state index >= 15 is 0 Å². The van der Waals surface area contributed by atoms with Crippen LogP contribution in [0.4, 0.5) is 9.59 Å². The Balaban J connectivity index is 1.25. The molecule has 0 radical (unpaired) electrons. The third-order valence-corrected chi connectivity index (χ3v) is 6.72. The standard InChI is InChI=1S/C24H36N4O9/c1-14-18(27-23(33)26-14)5-3-4-6-19(29)25-13-16-7-9-17(10-8-16)22(32)35-15(2)36-24(34)37-28-20(30)11-12-21(28)31/h11-12,14-18,30-31H,3-10,13H2,1-2H3,(H,25,29)(H2,26,27,33). The van der Waals surface area contributed by atoms with E-state index in [4.69, 9.17) is 9.47 Å². The van der Waals surface area contributed by atoms with Crippen molar-refractivity contribution in [1.82, 2.24) is 20.7 Å². The van der Waals surface area contributed by atoms with Gasteiger partial charge in [-0.25, -0.2) is 9.59 Å². The lowest BCUT2D eigenvalue weighted by Gasteiger charge is -2.28. The van der Waals surface area contributed by atoms with Crippen LogP contribution in [0.3, 0.4) is 0 Å². The molecule has 1 aromatic heterocycles. The zero-order valence-electron chi connectivity index (χ0n) is 21.1. The van der Waals surface area contributed by atoms with E-state index in [1.807, 2.05) is 6.92 Å². The number of esters is 1. The molecule has 2 aliphatic rings. The molecule has 3 atom stereocenters. The van der Waals surface area contributed by atoms with Crippen LogP contribution in [0, 0.1) is 11.8 Å². The van der Waals surface area contributed by atoms with Gasteiger partial charge in [-0.05, 0) is 51.4 Å². The zero-order valence-corrected chi connectivity index (χ0v) is 21.1. The lowest BCUT2D eigenvalue weighted by atomic mass is 9.82. The maximum Gasteiger partial charge on any atom is 0.537 e. The fourth-order valence-corrected chi connectivity index (χ4v) is 4.57. The van der Waals surface area contributed by atoms with Gasteiger partial charge in [-0.3, -0.25) is 14.4 Å². The Morgan fingerprint density at radius 3 is 2.38 bits per heavy atom. The first kappa shape index (κ1) is 27.9. The predicted molar refractivity (Wildman–Crippen MR) is 128 cm³/mol. The number of nitrogens with one attached hydrogen (secondary N) is 3. The van der Waals surface area contributed by atoms with Crippen LogP contribution in [0.1, 0.15) is 65.2 Å². The molecule has 2 heterocycles. The molecule has 1 aromatic rings. The SMILES string of the molecule is CC(OC(=O)On1c(O)ccc1O)OC(=O)C1CCC(CNC(=O)CCCCC2NC(=O)NC2C)CC1. The summed E-state index contributed by atoms with van der Waals surface area (Å²) in [6.07, 6.45) is 3.11. The molecule has 1 saturated heterocycles. The number of carbonyl (C=O) groups is 4. The molecule has 37 heavy (non-hydrogen) atoms. The quantitative estimate of drug-likeness (QED) is 0.164. The monoisotopic (exact) mass is 524 g/mol. The molecule has 3 rings (SSSR count). The first-order chi connectivity index (χ1) is 17.6. The summed E-state index contributed by atoms with van der Waals surface area (Å²) in [4.78, 5) is 52.3. The van der Waals surface area contributed by atoms with Crippen LogP contribution in [0.15, 0.2) is 12.1 Å². The number of hydrogen-bond acceptors (Lipinski definition) is 9. The molecular weight excluding hydrogens is 488 g/mol. The molecule has 206 valence electrons. The molecule has 5 N–H and O–H groups in total. The summed E-state index contributed by atoms with van der Waals surface area (Å²) in [5.41, 5.74) is 0. The van der Waals surface area contributed by atoms with E-state index in [9.17, 15) is 29.4 Å². The van der Waals surface area contributed by atoms with Crippen LogP contribution in [-0.4, -0.2) is 63.9 Å². The van der Waals surface area contributed by atoms with Gasteiger partial charge in [0.05, 0.1) is 12.0 Å². The number of aromatic hydroxyl groups is 2. The van der Waals surface area contributed by atoms with Crippen molar-refractivity contribution in [3.63, 3.8) is 0 Å². The van der Waals surface area contributed by atoms with Crippen LogP contribution in [-0.2, 0) is 19.1 Å². The Labute approximate surface area is 214 Å². The predicted octanol–water partition coefficient (Wildman–Crippen LogP) is 1.91. The second-order valence-corrected chi connectivity index (χ2v) is 9.59. The summed E-state index contributed by atoms with van der Waals surface area (Å²) in [6, 6.07) is 2.30. The van der Waals surface area contributed by atoms with Gasteiger partial charge in [0.1, 0.15) is 0 Å². The molecule has 13 heteroatoms. The smallest absolute Gasteiger partial charge is 0.492 e. The minimum Gasteiger partial charge on any atom is -0.492 e. The van der Waals surface area contributed by atoms with Gasteiger partial charge >= 0.3 is 18.2 Å². The largest absolute Gasteiger partial charge is 0.537 e. The van der Waals surface area contributed by atoms with Gasteiger partial charge in [0.25, 0.3) is 0 Å². The van der Waals surface area contributed by atoms with E-state index in [0.717, 1.165) is 44.2 Å². The van der Waals surface area contributed by atoms with Crippen LogP contribution < -0.4 is 20.8 Å². The van der Waals surface area contributed by atoms with E-state index in [1.54, 1.807) is 0 Å². The number of carbonyl (C=O) groups excluding carboxylic acids is 4. The van der Waals surface area contributed by atoms with Crippen molar-refractivity contribution in [3.8, 4) is 11.8 Å². The normalized spacial score (nSPS) is 23.9. The summed E-state index contributed by atoms with van der Waals surface area (Å²) in [6.45, 7) is 3.88. The van der Waals surface area contributed by atoms with Gasteiger partial charge in [0.2, 0.25) is 24.0 Å². The topological polar surface area (TPSA) is 177 Å². The van der Waals surface area contributed by atoms with Gasteiger partial charge in [-0.1, -0.05) is 6.42 Å². The Kier molecular flexibility index (Phi) is 9.86. The highest BCUT2D eigenvalue weighted by Gasteiger charge is 2.30. The van der Waals surface area contributed by atoms with Crippen molar-refractivity contribution in [2.75, 3.05) is 6.54 Å². The molecular formula is C24H36N4O9. The first-order valence-corrected chi connectivity index (χ1v) is 12.6. The fourth-order valence-electron chi connectivity index (χ4n) is 4.57. The summed E-state index contributed by atoms with van der Waals surface area (Å²) >= 11 is 0. The minimum absolute atomic E-state index is 0.00238. The Morgan fingerprint density at radius 1 is 1.08 bits per heavy atom. The maximum absolute atomic E-state index is 12.4.